The molecule has 0 fully saturated rings. The van der Waals surface area contributed by atoms with Crippen LogP contribution in [0.25, 0.3) is 21.9 Å². The lowest BCUT2D eigenvalue weighted by molar-refractivity contribution is -0.107. The Morgan fingerprint density at radius 1 is 1.13 bits per heavy atom. The summed E-state index contributed by atoms with van der Waals surface area (Å²) >= 11 is 5.97. The summed E-state index contributed by atoms with van der Waals surface area (Å²) in [5, 5.41) is 1.94. The lowest BCUT2D eigenvalue weighted by Gasteiger charge is -2.16. The summed E-state index contributed by atoms with van der Waals surface area (Å²) in [5.74, 6) is 0. The van der Waals surface area contributed by atoms with Gasteiger partial charge in [-0.2, -0.15) is 0 Å². The number of aromatic nitrogens is 1. The summed E-state index contributed by atoms with van der Waals surface area (Å²) in [6.07, 6.45) is 0.960. The predicted molar refractivity (Wildman–Crippen MR) is 93.8 cm³/mol. The van der Waals surface area contributed by atoms with Gasteiger partial charge < -0.3 is 15.1 Å². The van der Waals surface area contributed by atoms with Crippen LogP contribution in [0, 0.1) is 0 Å². The van der Waals surface area contributed by atoms with Gasteiger partial charge in [0.15, 0.2) is 0 Å². The van der Waals surface area contributed by atoms with Crippen molar-refractivity contribution in [2.75, 3.05) is 5.73 Å². The van der Waals surface area contributed by atoms with Gasteiger partial charge >= 0.3 is 0 Å². The van der Waals surface area contributed by atoms with Crippen molar-refractivity contribution in [3.8, 4) is 11.1 Å². The van der Waals surface area contributed by atoms with E-state index in [0.717, 1.165) is 22.8 Å². The first-order valence-electron chi connectivity index (χ1n) is 7.13. The van der Waals surface area contributed by atoms with Crippen LogP contribution < -0.4 is 11.3 Å². The average Bonchev–Trinajstić information content (AvgIpc) is 2.54. The van der Waals surface area contributed by atoms with Crippen molar-refractivity contribution in [1.82, 2.24) is 4.57 Å². The highest BCUT2D eigenvalue weighted by atomic mass is 35.5. The van der Waals surface area contributed by atoms with Crippen LogP contribution in [0.4, 0.5) is 5.69 Å². The van der Waals surface area contributed by atoms with Gasteiger partial charge in [-0.15, -0.1) is 0 Å². The Labute approximate surface area is 138 Å². The second kappa shape index (κ2) is 5.89. The van der Waals surface area contributed by atoms with E-state index in [0.29, 0.717) is 21.8 Å². The number of nitrogens with two attached hydrogens (primary N) is 1. The molecule has 4 nitrogen and oxygen atoms in total. The molecule has 0 aliphatic heterocycles. The molecule has 0 spiro atoms. The van der Waals surface area contributed by atoms with Crippen LogP contribution in [0.5, 0.6) is 0 Å². The highest BCUT2D eigenvalue weighted by Gasteiger charge is 2.16. The second-order valence-electron chi connectivity index (χ2n) is 5.37. The molecule has 1 heterocycles. The maximum atomic E-state index is 12.6. The number of nitrogens with zero attached hydrogens (tertiary/aromatic N) is 1. The van der Waals surface area contributed by atoms with Crippen molar-refractivity contribution >= 4 is 34.3 Å². The molecule has 0 amide bonds. The van der Waals surface area contributed by atoms with Crippen molar-refractivity contribution in [2.24, 2.45) is 7.05 Å². The van der Waals surface area contributed by atoms with Crippen molar-refractivity contribution in [3.63, 3.8) is 0 Å². The van der Waals surface area contributed by atoms with E-state index >= 15 is 0 Å². The zero-order valence-electron chi connectivity index (χ0n) is 12.5. The van der Waals surface area contributed by atoms with Crippen LogP contribution in [0.15, 0.2) is 47.3 Å². The molecule has 0 saturated carbocycles. The van der Waals surface area contributed by atoms with Crippen LogP contribution in [-0.4, -0.2) is 10.9 Å². The minimum absolute atomic E-state index is 0.157. The summed E-state index contributed by atoms with van der Waals surface area (Å²) < 4.78 is 1.51. The molecule has 2 N–H and O–H groups in total. The standard InChI is InChI=1S/C18H15ClN2O2/c1-21-16(8-9-22)17(11-2-4-12(19)5-3-11)14-7-6-13(20)10-15(14)18(21)23/h2-7,9-10H,8,20H2,1H3. The van der Waals surface area contributed by atoms with Gasteiger partial charge in [-0.05, 0) is 35.2 Å². The number of hydrogen-bond donors (Lipinski definition) is 1. The third-order valence-electron chi connectivity index (χ3n) is 3.95. The molecule has 0 bridgehead atoms. The Balaban J connectivity index is 2.48. The van der Waals surface area contributed by atoms with E-state index < -0.39 is 0 Å². The third-order valence-corrected chi connectivity index (χ3v) is 4.20. The monoisotopic (exact) mass is 326 g/mol. The van der Waals surface area contributed by atoms with Gasteiger partial charge in [-0.25, -0.2) is 0 Å². The van der Waals surface area contributed by atoms with Gasteiger partial charge in [0.05, 0.1) is 0 Å². The van der Waals surface area contributed by atoms with Crippen LogP contribution in [-0.2, 0) is 18.3 Å². The fourth-order valence-electron chi connectivity index (χ4n) is 2.84. The van der Waals surface area contributed by atoms with Crippen LogP contribution in [0.2, 0.25) is 5.02 Å². The van der Waals surface area contributed by atoms with Crippen molar-refractivity contribution in [1.29, 1.82) is 0 Å². The van der Waals surface area contributed by atoms with Crippen molar-refractivity contribution in [2.45, 2.75) is 6.42 Å². The van der Waals surface area contributed by atoms with E-state index in [4.69, 9.17) is 17.3 Å². The van der Waals surface area contributed by atoms with E-state index in [1.807, 2.05) is 18.2 Å². The summed E-state index contributed by atoms with van der Waals surface area (Å²) in [5.41, 5.74) is 8.61. The zero-order valence-corrected chi connectivity index (χ0v) is 13.3. The molecule has 0 atom stereocenters. The first-order chi connectivity index (χ1) is 11.0. The van der Waals surface area contributed by atoms with Crippen LogP contribution in [0.3, 0.4) is 0 Å². The molecule has 0 saturated heterocycles. The van der Waals surface area contributed by atoms with Crippen molar-refractivity contribution < 1.29 is 4.79 Å². The molecule has 116 valence electrons. The highest BCUT2D eigenvalue weighted by Crippen LogP contribution is 2.32. The Morgan fingerprint density at radius 3 is 2.48 bits per heavy atom. The van der Waals surface area contributed by atoms with Crippen molar-refractivity contribution in [3.05, 3.63) is 63.5 Å². The van der Waals surface area contributed by atoms with Gasteiger partial charge in [0.2, 0.25) is 0 Å². The number of carbonyl (C=O) groups excluding carboxylic acids is 1. The molecule has 0 unspecified atom stereocenters. The van der Waals surface area contributed by atoms with Gasteiger partial charge in [0, 0.05) is 40.8 Å². The fraction of sp³-hybridized carbons (Fsp3) is 0.111. The van der Waals surface area contributed by atoms with E-state index in [-0.39, 0.29) is 12.0 Å². The molecule has 0 aliphatic rings. The molecular formula is C18H15ClN2O2. The predicted octanol–water partition coefficient (Wildman–Crippen LogP) is 3.18. The van der Waals surface area contributed by atoms with E-state index in [2.05, 4.69) is 0 Å². The third kappa shape index (κ3) is 2.62. The summed E-state index contributed by atoms with van der Waals surface area (Å²) in [7, 11) is 1.67. The van der Waals surface area contributed by atoms with Gasteiger partial charge in [0.25, 0.3) is 5.56 Å². The fourth-order valence-corrected chi connectivity index (χ4v) is 2.97. The van der Waals surface area contributed by atoms with Crippen LogP contribution in [0.1, 0.15) is 5.69 Å². The average molecular weight is 327 g/mol. The lowest BCUT2D eigenvalue weighted by atomic mass is 9.95. The number of rotatable bonds is 3. The Kier molecular flexibility index (Phi) is 3.92. The maximum absolute atomic E-state index is 12.6. The smallest absolute Gasteiger partial charge is 0.258 e. The number of benzene rings is 2. The van der Waals surface area contributed by atoms with Gasteiger partial charge in [0.1, 0.15) is 6.29 Å². The topological polar surface area (TPSA) is 65.1 Å². The molecule has 3 rings (SSSR count). The molecular weight excluding hydrogens is 312 g/mol. The number of fused-ring (bicyclic) bond motifs is 1. The SMILES string of the molecule is Cn1c(CC=O)c(-c2ccc(Cl)cc2)c2ccc(N)cc2c1=O. The molecule has 0 aliphatic carbocycles. The summed E-state index contributed by atoms with van der Waals surface area (Å²) in [4.78, 5) is 23.7. The van der Waals surface area contributed by atoms with E-state index in [1.54, 1.807) is 31.3 Å². The normalized spacial score (nSPS) is 10.9. The molecule has 0 radical (unpaired) electrons. The Hall–Kier alpha value is -2.59. The number of hydrogen-bond acceptors (Lipinski definition) is 3. The van der Waals surface area contributed by atoms with Gasteiger partial charge in [-0.1, -0.05) is 29.8 Å². The molecule has 2 aromatic carbocycles. The highest BCUT2D eigenvalue weighted by molar-refractivity contribution is 6.30. The first-order valence-corrected chi connectivity index (χ1v) is 7.51. The number of carbonyl (C=O) groups is 1. The molecule has 23 heavy (non-hydrogen) atoms. The zero-order chi connectivity index (χ0) is 16.6. The number of nitrogen functional groups attached to an aromatic ring is 1. The molecule has 5 heteroatoms. The molecule has 1 aromatic heterocycles. The lowest BCUT2D eigenvalue weighted by Crippen LogP contribution is -2.22. The Morgan fingerprint density at radius 2 is 1.83 bits per heavy atom. The number of pyridine rings is 1. The number of halogens is 1. The first kappa shape index (κ1) is 15.3. The summed E-state index contributed by atoms with van der Waals surface area (Å²) in [6.45, 7) is 0. The second-order valence-corrected chi connectivity index (χ2v) is 5.81. The minimum atomic E-state index is -0.165. The summed E-state index contributed by atoms with van der Waals surface area (Å²) in [6, 6.07) is 12.6. The van der Waals surface area contributed by atoms with E-state index in [9.17, 15) is 9.59 Å². The quantitative estimate of drug-likeness (QED) is 0.594. The molecule has 3 aromatic rings. The van der Waals surface area contributed by atoms with E-state index in [1.165, 1.54) is 4.57 Å². The maximum Gasteiger partial charge on any atom is 0.258 e. The largest absolute Gasteiger partial charge is 0.399 e. The van der Waals surface area contributed by atoms with Crippen LogP contribution >= 0.6 is 11.6 Å². The number of anilines is 1. The number of aldehydes is 1. The minimum Gasteiger partial charge on any atom is -0.399 e. The van der Waals surface area contributed by atoms with Gasteiger partial charge in [-0.3, -0.25) is 4.79 Å². The Bertz CT molecular complexity index is 959.